The number of carbonyl (C=O) groups is 1. The van der Waals surface area contributed by atoms with Crippen LogP contribution < -0.4 is 4.90 Å². The molecule has 0 bridgehead atoms. The average Bonchev–Trinajstić information content (AvgIpc) is 2.72. The third-order valence-electron chi connectivity index (χ3n) is 3.28. The molecule has 0 unspecified atom stereocenters. The molecule has 2 aromatic rings. The molecular weight excluding hydrogens is 230 g/mol. The molecule has 5 heteroatoms. The molecule has 0 fully saturated rings. The normalized spacial score (nSPS) is 11.7. The topological polar surface area (TPSA) is 69.2 Å². The predicted octanol–water partition coefficient (Wildman–Crippen LogP) is 2.25. The monoisotopic (exact) mass is 247 g/mol. The molecule has 0 saturated carbocycles. The van der Waals surface area contributed by atoms with E-state index in [1.807, 2.05) is 44.0 Å². The molecule has 1 aromatic heterocycles. The number of aliphatic carboxylic acids is 1. The Bertz CT molecular complexity index is 574. The van der Waals surface area contributed by atoms with Crippen molar-refractivity contribution >= 4 is 22.7 Å². The molecule has 0 radical (unpaired) electrons. The molecule has 0 saturated heterocycles. The minimum atomic E-state index is -0.797. The summed E-state index contributed by atoms with van der Waals surface area (Å²) in [4.78, 5) is 20.1. The molecule has 0 aliphatic rings. The molecule has 0 aliphatic carbocycles. The molecule has 0 amide bonds. The van der Waals surface area contributed by atoms with E-state index in [1.54, 1.807) is 6.33 Å². The maximum atomic E-state index is 10.9. The average molecular weight is 247 g/mol. The van der Waals surface area contributed by atoms with E-state index in [0.29, 0.717) is 0 Å². The van der Waals surface area contributed by atoms with Gasteiger partial charge in [-0.1, -0.05) is 0 Å². The van der Waals surface area contributed by atoms with Crippen molar-refractivity contribution < 1.29 is 9.90 Å². The van der Waals surface area contributed by atoms with Crippen LogP contribution in [0.25, 0.3) is 11.0 Å². The van der Waals surface area contributed by atoms with Crippen molar-refractivity contribution in [3.05, 3.63) is 24.5 Å². The Morgan fingerprint density at radius 2 is 2.22 bits per heavy atom. The minimum absolute atomic E-state index is 0.0878. The molecule has 5 nitrogen and oxygen atoms in total. The molecule has 0 aliphatic heterocycles. The number of aromatic amines is 1. The Balaban J connectivity index is 2.31. The van der Waals surface area contributed by atoms with Crippen LogP contribution in [0.15, 0.2) is 24.5 Å². The quantitative estimate of drug-likeness (QED) is 0.869. The van der Waals surface area contributed by atoms with Gasteiger partial charge < -0.3 is 15.0 Å². The molecule has 0 atom stereocenters. The third-order valence-corrected chi connectivity index (χ3v) is 3.28. The van der Waals surface area contributed by atoms with Gasteiger partial charge in [0.15, 0.2) is 0 Å². The fourth-order valence-corrected chi connectivity index (χ4v) is 1.97. The van der Waals surface area contributed by atoms with Crippen LogP contribution >= 0.6 is 0 Å². The highest BCUT2D eigenvalue weighted by molar-refractivity contribution is 5.79. The lowest BCUT2D eigenvalue weighted by atomic mass is 9.98. The fourth-order valence-electron chi connectivity index (χ4n) is 1.97. The van der Waals surface area contributed by atoms with Gasteiger partial charge in [0.1, 0.15) is 0 Å². The van der Waals surface area contributed by atoms with Crippen LogP contribution in [0.3, 0.4) is 0 Å². The van der Waals surface area contributed by atoms with Crippen LogP contribution in [-0.2, 0) is 4.79 Å². The van der Waals surface area contributed by atoms with Crippen molar-refractivity contribution in [3.8, 4) is 0 Å². The summed E-state index contributed by atoms with van der Waals surface area (Å²) >= 11 is 0. The van der Waals surface area contributed by atoms with Crippen molar-refractivity contribution in [1.82, 2.24) is 9.97 Å². The van der Waals surface area contributed by atoms with Gasteiger partial charge in [0.2, 0.25) is 0 Å². The zero-order valence-corrected chi connectivity index (χ0v) is 10.8. The fraction of sp³-hybridized carbons (Fsp3) is 0.385. The summed E-state index contributed by atoms with van der Waals surface area (Å²) in [6.45, 7) is 3.83. The second-order valence-corrected chi connectivity index (χ2v) is 5.05. The van der Waals surface area contributed by atoms with Gasteiger partial charge in [-0.05, 0) is 32.0 Å². The summed E-state index contributed by atoms with van der Waals surface area (Å²) in [5.74, 6) is -0.797. The van der Waals surface area contributed by atoms with Crippen LogP contribution in [0.2, 0.25) is 0 Å². The molecule has 0 spiro atoms. The lowest BCUT2D eigenvalue weighted by Crippen LogP contribution is -2.43. The van der Waals surface area contributed by atoms with Gasteiger partial charge in [-0.2, -0.15) is 0 Å². The molecule has 96 valence electrons. The number of benzene rings is 1. The van der Waals surface area contributed by atoms with E-state index >= 15 is 0 Å². The number of nitrogens with one attached hydrogen (secondary N) is 1. The predicted molar refractivity (Wildman–Crippen MR) is 70.8 cm³/mol. The second kappa shape index (κ2) is 4.33. The Labute approximate surface area is 105 Å². The number of H-pyrrole nitrogens is 1. The van der Waals surface area contributed by atoms with E-state index in [1.165, 1.54) is 0 Å². The molecule has 1 aromatic carbocycles. The van der Waals surface area contributed by atoms with Crippen molar-refractivity contribution in [3.63, 3.8) is 0 Å². The summed E-state index contributed by atoms with van der Waals surface area (Å²) in [6, 6.07) is 5.85. The number of rotatable bonds is 4. The largest absolute Gasteiger partial charge is 0.481 e. The van der Waals surface area contributed by atoms with Gasteiger partial charge in [-0.25, -0.2) is 4.98 Å². The summed E-state index contributed by atoms with van der Waals surface area (Å²) < 4.78 is 0. The number of hydrogen-bond donors (Lipinski definition) is 2. The molecule has 1 heterocycles. The van der Waals surface area contributed by atoms with E-state index in [4.69, 9.17) is 5.11 Å². The highest BCUT2D eigenvalue weighted by atomic mass is 16.4. The zero-order chi connectivity index (χ0) is 13.3. The molecule has 2 N–H and O–H groups in total. The number of carboxylic acids is 1. The SMILES string of the molecule is CN(c1ccc2nc[nH]c2c1)C(C)(C)CC(=O)O. The Kier molecular flexibility index (Phi) is 2.98. The highest BCUT2D eigenvalue weighted by Gasteiger charge is 2.27. The van der Waals surface area contributed by atoms with Gasteiger partial charge in [0, 0.05) is 18.3 Å². The van der Waals surface area contributed by atoms with E-state index in [9.17, 15) is 4.79 Å². The lowest BCUT2D eigenvalue weighted by molar-refractivity contribution is -0.138. The number of imidazole rings is 1. The van der Waals surface area contributed by atoms with Crippen molar-refractivity contribution in [2.45, 2.75) is 25.8 Å². The van der Waals surface area contributed by atoms with E-state index in [0.717, 1.165) is 16.7 Å². The number of aromatic nitrogens is 2. The van der Waals surface area contributed by atoms with Gasteiger partial charge in [0.05, 0.1) is 23.8 Å². The number of carboxylic acid groups (broad SMARTS) is 1. The summed E-state index contributed by atoms with van der Waals surface area (Å²) in [6.07, 6.45) is 1.74. The van der Waals surface area contributed by atoms with Crippen LogP contribution in [-0.4, -0.2) is 33.6 Å². The molecule has 2 rings (SSSR count). The van der Waals surface area contributed by atoms with Gasteiger partial charge in [-0.3, -0.25) is 4.79 Å². The van der Waals surface area contributed by atoms with Crippen molar-refractivity contribution in [2.75, 3.05) is 11.9 Å². The zero-order valence-electron chi connectivity index (χ0n) is 10.8. The Morgan fingerprint density at radius 3 is 2.89 bits per heavy atom. The van der Waals surface area contributed by atoms with Crippen molar-refractivity contribution in [2.24, 2.45) is 0 Å². The van der Waals surface area contributed by atoms with Gasteiger partial charge in [-0.15, -0.1) is 0 Å². The Morgan fingerprint density at radius 1 is 1.50 bits per heavy atom. The van der Waals surface area contributed by atoms with Crippen LogP contribution in [0, 0.1) is 0 Å². The second-order valence-electron chi connectivity index (χ2n) is 5.05. The summed E-state index contributed by atoms with van der Waals surface area (Å²) in [5.41, 5.74) is 2.38. The summed E-state index contributed by atoms with van der Waals surface area (Å²) in [7, 11) is 1.90. The number of fused-ring (bicyclic) bond motifs is 1. The maximum absolute atomic E-state index is 10.9. The van der Waals surface area contributed by atoms with Crippen LogP contribution in [0.1, 0.15) is 20.3 Å². The van der Waals surface area contributed by atoms with E-state index in [2.05, 4.69) is 9.97 Å². The van der Waals surface area contributed by atoms with Gasteiger partial charge >= 0.3 is 5.97 Å². The number of anilines is 1. The lowest BCUT2D eigenvalue weighted by Gasteiger charge is -2.36. The maximum Gasteiger partial charge on any atom is 0.305 e. The molecule has 18 heavy (non-hydrogen) atoms. The first kappa shape index (κ1) is 12.4. The highest BCUT2D eigenvalue weighted by Crippen LogP contribution is 2.27. The van der Waals surface area contributed by atoms with E-state index in [-0.39, 0.29) is 6.42 Å². The van der Waals surface area contributed by atoms with Crippen LogP contribution in [0.5, 0.6) is 0 Å². The smallest absolute Gasteiger partial charge is 0.305 e. The minimum Gasteiger partial charge on any atom is -0.481 e. The van der Waals surface area contributed by atoms with Crippen molar-refractivity contribution in [1.29, 1.82) is 0 Å². The first-order valence-corrected chi connectivity index (χ1v) is 5.79. The third kappa shape index (κ3) is 2.30. The van der Waals surface area contributed by atoms with Crippen LogP contribution in [0.4, 0.5) is 5.69 Å². The molecular formula is C13H17N3O2. The standard InChI is InChI=1S/C13H17N3O2/c1-13(2,7-12(17)18)16(3)9-4-5-10-11(6-9)15-8-14-10/h4-6,8H,7H2,1-3H3,(H,14,15)(H,17,18). The first-order valence-electron chi connectivity index (χ1n) is 5.79. The number of hydrogen-bond acceptors (Lipinski definition) is 3. The summed E-state index contributed by atoms with van der Waals surface area (Å²) in [5, 5.41) is 8.94. The van der Waals surface area contributed by atoms with E-state index < -0.39 is 11.5 Å². The Hall–Kier alpha value is -2.04. The first-order chi connectivity index (χ1) is 8.40. The van der Waals surface area contributed by atoms with Gasteiger partial charge in [0.25, 0.3) is 0 Å². The number of nitrogens with zero attached hydrogens (tertiary/aromatic N) is 2.